The number of hydrogen-bond donors (Lipinski definition) is 2. The second kappa shape index (κ2) is 28.0. The van der Waals surface area contributed by atoms with E-state index in [9.17, 15) is 38.8 Å². The van der Waals surface area contributed by atoms with Crippen molar-refractivity contribution in [1.29, 1.82) is 0 Å². The summed E-state index contributed by atoms with van der Waals surface area (Å²) >= 11 is 0. The highest BCUT2D eigenvalue weighted by Crippen LogP contribution is 2.50. The van der Waals surface area contributed by atoms with Gasteiger partial charge in [-0.05, 0) is 107 Å². The van der Waals surface area contributed by atoms with Crippen molar-refractivity contribution in [1.82, 2.24) is 4.90 Å². The van der Waals surface area contributed by atoms with Gasteiger partial charge in [0.2, 0.25) is 13.2 Å². The highest BCUT2D eigenvalue weighted by atomic mass is 31.2. The first-order valence-corrected chi connectivity index (χ1v) is 28.3. The van der Waals surface area contributed by atoms with E-state index in [1.54, 1.807) is 41.1 Å². The minimum atomic E-state index is -2.81. The number of nitrogens with zero attached hydrogens (tertiary/aromatic N) is 1. The molecule has 2 bridgehead atoms. The molecule has 0 radical (unpaired) electrons. The van der Waals surface area contributed by atoms with E-state index in [0.29, 0.717) is 75.7 Å². The lowest BCUT2D eigenvalue weighted by Crippen LogP contribution is -2.61. The van der Waals surface area contributed by atoms with Gasteiger partial charge in [0.25, 0.3) is 11.7 Å². The Morgan fingerprint density at radius 2 is 1.56 bits per heavy atom. The fourth-order valence-corrected chi connectivity index (χ4v) is 12.3. The first-order valence-electron chi connectivity index (χ1n) is 26.3. The van der Waals surface area contributed by atoms with Crippen LogP contribution in [-0.4, -0.2) is 139 Å². The zero-order valence-corrected chi connectivity index (χ0v) is 45.7. The van der Waals surface area contributed by atoms with Gasteiger partial charge in [-0.25, -0.2) is 4.79 Å². The highest BCUT2D eigenvalue weighted by Gasteiger charge is 2.53. The Labute approximate surface area is 424 Å². The molecule has 0 aromatic carbocycles. The number of cyclic esters (lactones) is 1. The molecule has 15 atom stereocenters. The summed E-state index contributed by atoms with van der Waals surface area (Å²) in [4.78, 5) is 72.4. The third-order valence-electron chi connectivity index (χ3n) is 15.8. The molecule has 71 heavy (non-hydrogen) atoms. The van der Waals surface area contributed by atoms with Gasteiger partial charge in [-0.3, -0.25) is 23.7 Å². The number of esters is 1. The molecule has 402 valence electrons. The van der Waals surface area contributed by atoms with Crippen LogP contribution in [-0.2, 0) is 56.7 Å². The van der Waals surface area contributed by atoms with Gasteiger partial charge in [0.1, 0.15) is 18.2 Å². The number of rotatable bonds is 10. The molecule has 15 nitrogen and oxygen atoms in total. The molecular formula is C55H88NO14P. The molecular weight excluding hydrogens is 930 g/mol. The van der Waals surface area contributed by atoms with Crippen LogP contribution in [0.25, 0.3) is 0 Å². The van der Waals surface area contributed by atoms with Gasteiger partial charge >= 0.3 is 5.97 Å². The van der Waals surface area contributed by atoms with E-state index in [-0.39, 0.29) is 60.9 Å². The molecule has 1 saturated carbocycles. The molecule has 0 aromatic heterocycles. The maximum atomic E-state index is 14.5. The lowest BCUT2D eigenvalue weighted by molar-refractivity contribution is -0.265. The van der Waals surface area contributed by atoms with Crippen molar-refractivity contribution in [3.8, 4) is 0 Å². The van der Waals surface area contributed by atoms with Crippen LogP contribution < -0.4 is 0 Å². The van der Waals surface area contributed by atoms with E-state index in [0.717, 1.165) is 12.0 Å². The first kappa shape index (κ1) is 60.4. The van der Waals surface area contributed by atoms with Crippen LogP contribution in [0.1, 0.15) is 139 Å². The number of Topliss-reactive ketones (excluding diaryl/α,β-unsaturated/α-hetero) is 3. The van der Waals surface area contributed by atoms with Crippen LogP contribution in [0.4, 0.5) is 0 Å². The van der Waals surface area contributed by atoms with Gasteiger partial charge in [0.15, 0.2) is 11.6 Å². The Bertz CT molecular complexity index is 1970. The molecule has 3 aliphatic heterocycles. The predicted molar refractivity (Wildman–Crippen MR) is 273 cm³/mol. The molecule has 2 unspecified atom stereocenters. The van der Waals surface area contributed by atoms with E-state index in [1.807, 2.05) is 71.9 Å². The molecule has 16 heteroatoms. The fourth-order valence-electron chi connectivity index (χ4n) is 10.9. The molecule has 3 heterocycles. The van der Waals surface area contributed by atoms with Gasteiger partial charge in [0, 0.05) is 70.8 Å². The van der Waals surface area contributed by atoms with Crippen molar-refractivity contribution in [3.63, 3.8) is 0 Å². The zero-order valence-electron chi connectivity index (χ0n) is 44.8. The molecule has 0 spiro atoms. The summed E-state index contributed by atoms with van der Waals surface area (Å²) in [5.41, 5.74) is 1.18. The molecule has 1 amide bonds. The van der Waals surface area contributed by atoms with Crippen LogP contribution in [0.3, 0.4) is 0 Å². The van der Waals surface area contributed by atoms with E-state index < -0.39 is 85.1 Å². The van der Waals surface area contributed by atoms with Gasteiger partial charge < -0.3 is 43.3 Å². The third kappa shape index (κ3) is 16.2. The molecule has 4 rings (SSSR count). The van der Waals surface area contributed by atoms with E-state index in [2.05, 4.69) is 0 Å². The molecule has 1 aliphatic carbocycles. The van der Waals surface area contributed by atoms with Crippen molar-refractivity contribution in [2.75, 3.05) is 40.2 Å². The summed E-state index contributed by atoms with van der Waals surface area (Å²) in [5.74, 6) is -8.08. The summed E-state index contributed by atoms with van der Waals surface area (Å²) < 4.78 is 49.4. The molecule has 2 N–H and O–H groups in total. The van der Waals surface area contributed by atoms with Crippen LogP contribution in [0.2, 0.25) is 0 Å². The lowest BCUT2D eigenvalue weighted by Gasteiger charge is -2.42. The predicted octanol–water partition coefficient (Wildman–Crippen LogP) is 8.52. The van der Waals surface area contributed by atoms with Gasteiger partial charge in [0.05, 0.1) is 30.5 Å². The molecule has 2 saturated heterocycles. The van der Waals surface area contributed by atoms with Gasteiger partial charge in [-0.2, -0.15) is 0 Å². The smallest absolute Gasteiger partial charge is 0.329 e. The highest BCUT2D eigenvalue weighted by molar-refractivity contribution is 7.58. The number of ketones is 3. The van der Waals surface area contributed by atoms with Crippen molar-refractivity contribution in [2.45, 2.75) is 194 Å². The number of piperidine rings is 1. The molecule has 3 fully saturated rings. The summed E-state index contributed by atoms with van der Waals surface area (Å²) in [7, 11) is 1.77. The fraction of sp³-hybridized carbons (Fsp3) is 0.764. The topological polar surface area (TPSA) is 201 Å². The van der Waals surface area contributed by atoms with E-state index >= 15 is 0 Å². The number of hydrogen-bond acceptors (Lipinski definition) is 14. The number of fused-ring (bicyclic) bond motifs is 3. The maximum absolute atomic E-state index is 14.5. The average Bonchev–Trinajstić information content (AvgIpc) is 3.35. The molecule has 4 aliphatic rings. The van der Waals surface area contributed by atoms with Gasteiger partial charge in [-0.1, -0.05) is 84.9 Å². The van der Waals surface area contributed by atoms with Crippen LogP contribution in [0.15, 0.2) is 47.6 Å². The first-order chi connectivity index (χ1) is 33.6. The Morgan fingerprint density at radius 3 is 2.21 bits per heavy atom. The lowest BCUT2D eigenvalue weighted by atomic mass is 9.78. The third-order valence-corrected chi connectivity index (χ3v) is 18.3. The van der Waals surface area contributed by atoms with Crippen molar-refractivity contribution >= 4 is 36.6 Å². The number of aliphatic hydroxyl groups is 2. The van der Waals surface area contributed by atoms with Crippen molar-refractivity contribution in [2.24, 2.45) is 35.5 Å². The van der Waals surface area contributed by atoms with Crippen LogP contribution in [0, 0.1) is 35.5 Å². The summed E-state index contributed by atoms with van der Waals surface area (Å²) in [5, 5.41) is 23.5. The maximum Gasteiger partial charge on any atom is 0.329 e. The summed E-state index contributed by atoms with van der Waals surface area (Å²) in [6, 6.07) is -1.16. The van der Waals surface area contributed by atoms with Crippen molar-refractivity contribution in [3.05, 3.63) is 47.6 Å². The van der Waals surface area contributed by atoms with E-state index in [1.165, 1.54) is 12.0 Å². The Morgan fingerprint density at radius 1 is 0.859 bits per heavy atom. The Hall–Kier alpha value is -3.14. The average molecular weight is 1020 g/mol. The second-order valence-electron chi connectivity index (χ2n) is 21.1. The zero-order chi connectivity index (χ0) is 52.8. The number of aliphatic hydroxyl groups excluding tert-OH is 1. The summed E-state index contributed by atoms with van der Waals surface area (Å²) in [6.45, 7) is 16.5. The minimum absolute atomic E-state index is 0.0139. The van der Waals surface area contributed by atoms with Crippen LogP contribution in [0.5, 0.6) is 0 Å². The number of amides is 1. The Balaban J connectivity index is 1.70. The largest absolute Gasteiger partial charge is 0.460 e. The quantitative estimate of drug-likeness (QED) is 0.120. The number of carbonyl (C=O) groups excluding carboxylic acids is 5. The normalized spacial score (nSPS) is 35.9. The Kier molecular flexibility index (Phi) is 23.8. The number of ether oxygens (including phenoxy) is 5. The standard InChI is InChI=1S/C55H88NO14P/c1-13-71(64,14-2)70-45-26-24-41(31-48(45)66-11)30-37(6)47-33-44(57)36(5)29-39(8)50(59)51(67-12)49(58)38(7)28-34(3)20-16-15-17-21-35(4)46(65-10)32-42-25-23-40(9)55(63,69-42)52(60)53(61)56-27-19-18-22-43(56)54(62)68-47/h15-17,20-21,29,34,37-43,45-48,50-51,59,63H,13-14,18-19,22-28,30-33H2,1-12H3/t34-,37-,38-,39?,40-,41+,42+,43+,45-,46+,47?,48-,50-,51+,55-/m1/s1. The number of carbonyl (C=O) groups is 5. The molecule has 0 aromatic rings. The van der Waals surface area contributed by atoms with Gasteiger partial charge in [-0.15, -0.1) is 0 Å². The second-order valence-corrected chi connectivity index (χ2v) is 24.2. The number of allylic oxidation sites excluding steroid dienone is 6. The van der Waals surface area contributed by atoms with E-state index in [4.69, 9.17) is 28.2 Å². The van der Waals surface area contributed by atoms with Crippen molar-refractivity contribution < 1.29 is 67.0 Å². The number of methoxy groups -OCH3 is 3. The SMILES string of the molecule is CCP(=O)(CC)O[C@@H]1CC[C@@H](C[C@@H](C)C2CC(=O)C(C)=CC(C)[C@@H](O)[C@@H](OC)C(=O)[C@H](C)C[C@H](C)C=CC=CC=C(C)[C@@H](OC)C[C@@H]3CC[C@@H](C)[C@@](O)(O3)C(=O)C(=O)N3CCCC[C@H]3C(=O)O2)C[C@H]1OC. The monoisotopic (exact) mass is 1020 g/mol. The summed E-state index contributed by atoms with van der Waals surface area (Å²) in [6.07, 6.45) is 12.3. The minimum Gasteiger partial charge on any atom is -0.460 e. The van der Waals surface area contributed by atoms with Crippen LogP contribution >= 0.6 is 7.37 Å².